The Bertz CT molecular complexity index is 2620. The first-order valence-corrected chi connectivity index (χ1v) is 17.1. The maximum absolute atomic E-state index is 13.3. The standard InChI is InChI=1S/C45H30N2O4/c48-26-51-25-45(36-20-30-12-4-2-10-28(30)18-34(36)43-38(45)22-32-14-6-8-16-40(32)47-43)24-44(23-41(49)50)35-19-29-11-3-1-9-27(29)17-33(35)42-37(44)21-31-13-5-7-15-39(31)46-42/h1-22,26H,23-25H2,(H,49,50). The van der Waals surface area contributed by atoms with Crippen molar-refractivity contribution in [2.24, 2.45) is 0 Å². The predicted octanol–water partition coefficient (Wildman–Crippen LogP) is 9.36. The van der Waals surface area contributed by atoms with Gasteiger partial charge in [-0.05, 0) is 98.8 Å². The molecule has 0 fully saturated rings. The summed E-state index contributed by atoms with van der Waals surface area (Å²) in [5.41, 5.74) is 6.86. The summed E-state index contributed by atoms with van der Waals surface area (Å²) in [6, 6.07) is 45.4. The van der Waals surface area contributed by atoms with Crippen LogP contribution in [0.2, 0.25) is 0 Å². The van der Waals surface area contributed by atoms with Gasteiger partial charge in [-0.2, -0.15) is 0 Å². The van der Waals surface area contributed by atoms with E-state index in [4.69, 9.17) is 14.7 Å². The topological polar surface area (TPSA) is 89.4 Å². The van der Waals surface area contributed by atoms with Gasteiger partial charge in [0.25, 0.3) is 6.47 Å². The summed E-state index contributed by atoms with van der Waals surface area (Å²) in [4.78, 5) is 36.0. The number of hydrogen-bond donors (Lipinski definition) is 1. The molecule has 2 aliphatic rings. The molecule has 244 valence electrons. The quantitative estimate of drug-likeness (QED) is 0.171. The van der Waals surface area contributed by atoms with Crippen molar-refractivity contribution < 1.29 is 19.4 Å². The molecular formula is C45H30N2O4. The average Bonchev–Trinajstić information content (AvgIpc) is 3.54. The number of fused-ring (bicyclic) bond motifs is 10. The molecule has 2 heterocycles. The van der Waals surface area contributed by atoms with Gasteiger partial charge < -0.3 is 9.84 Å². The van der Waals surface area contributed by atoms with Crippen LogP contribution >= 0.6 is 0 Å². The molecule has 0 spiro atoms. The van der Waals surface area contributed by atoms with Crippen molar-refractivity contribution in [3.63, 3.8) is 0 Å². The minimum absolute atomic E-state index is 0.00941. The first kappa shape index (κ1) is 29.5. The number of carboxylic acids is 1. The summed E-state index contributed by atoms with van der Waals surface area (Å²) in [5.74, 6) is -0.921. The van der Waals surface area contributed by atoms with Crippen LogP contribution in [0, 0.1) is 0 Å². The van der Waals surface area contributed by atoms with Gasteiger partial charge in [-0.15, -0.1) is 0 Å². The van der Waals surface area contributed by atoms with E-state index < -0.39 is 16.8 Å². The zero-order chi connectivity index (χ0) is 34.3. The lowest BCUT2D eigenvalue weighted by molar-refractivity contribution is -0.138. The highest BCUT2D eigenvalue weighted by Gasteiger charge is 2.55. The van der Waals surface area contributed by atoms with Crippen LogP contribution in [0.5, 0.6) is 0 Å². The Morgan fingerprint density at radius 3 is 1.47 bits per heavy atom. The molecule has 8 aromatic rings. The molecule has 0 bridgehead atoms. The number of carbonyl (C=O) groups is 2. The number of ether oxygens (including phenoxy) is 1. The van der Waals surface area contributed by atoms with Crippen molar-refractivity contribution in [1.82, 2.24) is 9.97 Å². The highest BCUT2D eigenvalue weighted by molar-refractivity contribution is 5.98. The number of rotatable bonds is 7. The number of pyridine rings is 2. The Balaban J connectivity index is 1.34. The van der Waals surface area contributed by atoms with Gasteiger partial charge in [0.2, 0.25) is 0 Å². The van der Waals surface area contributed by atoms with Gasteiger partial charge in [0.1, 0.15) is 6.61 Å². The van der Waals surface area contributed by atoms with Crippen molar-refractivity contribution in [2.45, 2.75) is 23.7 Å². The van der Waals surface area contributed by atoms with Crippen LogP contribution < -0.4 is 0 Å². The van der Waals surface area contributed by atoms with Crippen molar-refractivity contribution in [3.05, 3.63) is 156 Å². The van der Waals surface area contributed by atoms with Gasteiger partial charge in [-0.25, -0.2) is 9.97 Å². The molecule has 51 heavy (non-hydrogen) atoms. The van der Waals surface area contributed by atoms with E-state index in [-0.39, 0.29) is 13.0 Å². The molecule has 2 aromatic heterocycles. The van der Waals surface area contributed by atoms with E-state index in [0.29, 0.717) is 12.9 Å². The number of nitrogens with zero attached hydrogens (tertiary/aromatic N) is 2. The van der Waals surface area contributed by atoms with Crippen LogP contribution in [0.4, 0.5) is 0 Å². The second-order valence-electron chi connectivity index (χ2n) is 14.0. The molecule has 0 amide bonds. The highest BCUT2D eigenvalue weighted by Crippen LogP contribution is 2.61. The lowest BCUT2D eigenvalue weighted by atomic mass is 9.61. The van der Waals surface area contributed by atoms with Crippen LogP contribution in [0.15, 0.2) is 133 Å². The first-order valence-electron chi connectivity index (χ1n) is 17.1. The molecule has 0 saturated carbocycles. The van der Waals surface area contributed by atoms with Crippen LogP contribution in [-0.2, 0) is 25.2 Å². The number of carbonyl (C=O) groups excluding carboxylic acids is 1. The molecule has 6 aromatic carbocycles. The number of para-hydroxylation sites is 2. The Morgan fingerprint density at radius 2 is 0.980 bits per heavy atom. The molecule has 2 unspecified atom stereocenters. The van der Waals surface area contributed by atoms with Gasteiger partial charge in [-0.3, -0.25) is 9.59 Å². The van der Waals surface area contributed by atoms with Crippen LogP contribution in [0.1, 0.15) is 35.1 Å². The zero-order valence-corrected chi connectivity index (χ0v) is 27.5. The molecule has 0 aliphatic heterocycles. The van der Waals surface area contributed by atoms with Crippen LogP contribution in [0.25, 0.3) is 65.9 Å². The highest BCUT2D eigenvalue weighted by atomic mass is 16.5. The molecule has 6 heteroatoms. The fraction of sp³-hybridized carbons (Fsp3) is 0.111. The van der Waals surface area contributed by atoms with Crippen molar-refractivity contribution in [3.8, 4) is 22.5 Å². The van der Waals surface area contributed by atoms with Crippen molar-refractivity contribution in [2.75, 3.05) is 6.61 Å². The van der Waals surface area contributed by atoms with Gasteiger partial charge in [0.15, 0.2) is 0 Å². The minimum atomic E-state index is -1.06. The van der Waals surface area contributed by atoms with E-state index in [1.807, 2.05) is 72.8 Å². The third-order valence-corrected chi connectivity index (χ3v) is 11.2. The molecule has 10 rings (SSSR count). The van der Waals surface area contributed by atoms with Gasteiger partial charge in [-0.1, -0.05) is 84.9 Å². The lowest BCUT2D eigenvalue weighted by Crippen LogP contribution is -2.42. The monoisotopic (exact) mass is 662 g/mol. The normalized spacial score (nSPS) is 18.4. The van der Waals surface area contributed by atoms with Gasteiger partial charge >= 0.3 is 5.97 Å². The largest absolute Gasteiger partial charge is 0.481 e. The third-order valence-electron chi connectivity index (χ3n) is 11.2. The molecular weight excluding hydrogens is 633 g/mol. The number of aromatic nitrogens is 2. The minimum Gasteiger partial charge on any atom is -0.481 e. The zero-order valence-electron chi connectivity index (χ0n) is 27.5. The van der Waals surface area contributed by atoms with E-state index in [2.05, 4.69) is 60.7 Å². The van der Waals surface area contributed by atoms with E-state index >= 15 is 0 Å². The Labute approximate surface area is 293 Å². The fourth-order valence-electron chi connectivity index (χ4n) is 9.12. The summed E-state index contributed by atoms with van der Waals surface area (Å²) < 4.78 is 5.86. The third kappa shape index (κ3) is 4.23. The Morgan fingerprint density at radius 1 is 0.569 bits per heavy atom. The first-order chi connectivity index (χ1) is 25.0. The van der Waals surface area contributed by atoms with Crippen molar-refractivity contribution >= 4 is 55.8 Å². The summed E-state index contributed by atoms with van der Waals surface area (Å²) in [6.45, 7) is 0.507. The summed E-state index contributed by atoms with van der Waals surface area (Å²) in [6.07, 6.45) is 0.115. The summed E-state index contributed by atoms with van der Waals surface area (Å²) in [5, 5.41) is 17.0. The molecule has 1 N–H and O–H groups in total. The van der Waals surface area contributed by atoms with E-state index in [0.717, 1.165) is 88.1 Å². The number of hydrogen-bond acceptors (Lipinski definition) is 5. The van der Waals surface area contributed by atoms with Crippen LogP contribution in [0.3, 0.4) is 0 Å². The van der Waals surface area contributed by atoms with E-state index in [1.165, 1.54) is 0 Å². The number of carboxylic acid groups (broad SMARTS) is 1. The summed E-state index contributed by atoms with van der Waals surface area (Å²) in [7, 11) is 0. The Kier molecular flexibility index (Phi) is 6.25. The molecule has 2 atom stereocenters. The second kappa shape index (κ2) is 10.8. The van der Waals surface area contributed by atoms with E-state index in [9.17, 15) is 14.7 Å². The maximum atomic E-state index is 13.3. The average molecular weight is 663 g/mol. The van der Waals surface area contributed by atoms with Crippen molar-refractivity contribution in [1.29, 1.82) is 0 Å². The van der Waals surface area contributed by atoms with Crippen LogP contribution in [-0.4, -0.2) is 34.1 Å². The molecule has 2 aliphatic carbocycles. The number of benzene rings is 6. The lowest BCUT2D eigenvalue weighted by Gasteiger charge is -2.41. The molecule has 0 radical (unpaired) electrons. The predicted molar refractivity (Wildman–Crippen MR) is 200 cm³/mol. The SMILES string of the molecule is O=COCC1(CC2(CC(=O)O)c3cc4ccccc4cc3-c3nc4ccccc4cc32)c2cc3ccccc3cc2-c2nc3ccccc3cc21. The molecule has 0 saturated heterocycles. The molecule has 6 nitrogen and oxygen atoms in total. The smallest absolute Gasteiger partial charge is 0.304 e. The van der Waals surface area contributed by atoms with E-state index in [1.54, 1.807) is 0 Å². The Hall–Kier alpha value is -6.40. The summed E-state index contributed by atoms with van der Waals surface area (Å²) >= 11 is 0. The second-order valence-corrected chi connectivity index (χ2v) is 14.0. The van der Waals surface area contributed by atoms with Gasteiger partial charge in [0, 0.05) is 27.3 Å². The van der Waals surface area contributed by atoms with Gasteiger partial charge in [0.05, 0.1) is 34.3 Å². The number of aliphatic carboxylic acids is 1. The fourth-order valence-corrected chi connectivity index (χ4v) is 9.12. The maximum Gasteiger partial charge on any atom is 0.304 e.